The van der Waals surface area contributed by atoms with Crippen LogP contribution in [0.25, 0.3) is 0 Å². The van der Waals surface area contributed by atoms with Gasteiger partial charge in [0, 0.05) is 18.2 Å². The zero-order chi connectivity index (χ0) is 11.4. The van der Waals surface area contributed by atoms with Gasteiger partial charge in [0.2, 0.25) is 0 Å². The lowest BCUT2D eigenvalue weighted by molar-refractivity contribution is 0.165. The van der Waals surface area contributed by atoms with Crippen molar-refractivity contribution in [2.45, 2.75) is 20.0 Å². The molecule has 1 aliphatic rings. The van der Waals surface area contributed by atoms with Crippen LogP contribution >= 0.6 is 0 Å². The van der Waals surface area contributed by atoms with Crippen molar-refractivity contribution < 1.29 is 14.6 Å². The minimum Gasteiger partial charge on any atom is -0.491 e. The minimum absolute atomic E-state index is 0.0851. The van der Waals surface area contributed by atoms with Crippen LogP contribution < -0.4 is 4.74 Å². The van der Waals surface area contributed by atoms with E-state index in [9.17, 15) is 0 Å². The molecule has 0 aliphatic carbocycles. The number of aryl methyl sites for hydroxylation is 1. The van der Waals surface area contributed by atoms with Gasteiger partial charge in [-0.05, 0) is 25.5 Å². The van der Waals surface area contributed by atoms with Crippen molar-refractivity contribution in [2.24, 2.45) is 5.92 Å². The third-order valence-electron chi connectivity index (χ3n) is 2.72. The molecule has 1 fully saturated rings. The van der Waals surface area contributed by atoms with Crippen LogP contribution in [0.5, 0.6) is 5.75 Å². The zero-order valence-electron chi connectivity index (χ0n) is 9.48. The molecule has 0 saturated carbocycles. The first-order chi connectivity index (χ1) is 7.79. The smallest absolute Gasteiger partial charge is 0.143 e. The van der Waals surface area contributed by atoms with Gasteiger partial charge in [-0.15, -0.1) is 0 Å². The van der Waals surface area contributed by atoms with Crippen molar-refractivity contribution in [1.82, 2.24) is 4.98 Å². The molecule has 88 valence electrons. The standard InChI is InChI=1S/C12H17NO3/c1-9-2-3-12(11(6-14)13-9)16-8-10-4-5-15-7-10/h2-3,10,14H,4-8H2,1H3. The SMILES string of the molecule is Cc1ccc(OCC2CCOC2)c(CO)n1. The first kappa shape index (κ1) is 11.4. The fourth-order valence-electron chi connectivity index (χ4n) is 1.76. The van der Waals surface area contributed by atoms with Gasteiger partial charge in [0.15, 0.2) is 0 Å². The van der Waals surface area contributed by atoms with Gasteiger partial charge >= 0.3 is 0 Å². The predicted octanol–water partition coefficient (Wildman–Crippen LogP) is 1.30. The molecule has 0 aromatic carbocycles. The molecular weight excluding hydrogens is 206 g/mol. The second-order valence-electron chi connectivity index (χ2n) is 4.10. The van der Waals surface area contributed by atoms with E-state index in [2.05, 4.69) is 4.98 Å². The molecular formula is C12H17NO3. The highest BCUT2D eigenvalue weighted by Gasteiger charge is 2.17. The van der Waals surface area contributed by atoms with Crippen LogP contribution in [0, 0.1) is 12.8 Å². The molecule has 2 heterocycles. The Bertz CT molecular complexity index is 348. The number of nitrogens with zero attached hydrogens (tertiary/aromatic N) is 1. The normalized spacial score (nSPS) is 20.0. The molecule has 1 atom stereocenters. The summed E-state index contributed by atoms with van der Waals surface area (Å²) in [6.45, 7) is 4.05. The highest BCUT2D eigenvalue weighted by molar-refractivity contribution is 5.28. The van der Waals surface area contributed by atoms with Crippen molar-refractivity contribution in [3.8, 4) is 5.75 Å². The summed E-state index contributed by atoms with van der Waals surface area (Å²) in [7, 11) is 0. The first-order valence-corrected chi connectivity index (χ1v) is 5.57. The summed E-state index contributed by atoms with van der Waals surface area (Å²) >= 11 is 0. The summed E-state index contributed by atoms with van der Waals surface area (Å²) in [5, 5.41) is 9.17. The first-order valence-electron chi connectivity index (χ1n) is 5.57. The van der Waals surface area contributed by atoms with Crippen molar-refractivity contribution in [1.29, 1.82) is 0 Å². The van der Waals surface area contributed by atoms with Crippen LogP contribution in [0.15, 0.2) is 12.1 Å². The number of ether oxygens (including phenoxy) is 2. The van der Waals surface area contributed by atoms with Crippen molar-refractivity contribution in [2.75, 3.05) is 19.8 Å². The van der Waals surface area contributed by atoms with Gasteiger partial charge in [-0.1, -0.05) is 0 Å². The predicted molar refractivity (Wildman–Crippen MR) is 59.3 cm³/mol. The summed E-state index contributed by atoms with van der Waals surface area (Å²) < 4.78 is 10.9. The van der Waals surface area contributed by atoms with E-state index in [0.717, 1.165) is 25.3 Å². The lowest BCUT2D eigenvalue weighted by atomic mass is 10.1. The van der Waals surface area contributed by atoms with Gasteiger partial charge in [0.05, 0.1) is 19.8 Å². The summed E-state index contributed by atoms with van der Waals surface area (Å²) in [5.41, 5.74) is 1.50. The van der Waals surface area contributed by atoms with Gasteiger partial charge in [0.1, 0.15) is 11.4 Å². The Morgan fingerprint density at radius 3 is 3.12 bits per heavy atom. The van der Waals surface area contributed by atoms with E-state index < -0.39 is 0 Å². The van der Waals surface area contributed by atoms with Crippen molar-refractivity contribution >= 4 is 0 Å². The van der Waals surface area contributed by atoms with E-state index in [1.165, 1.54) is 0 Å². The van der Waals surface area contributed by atoms with Crippen LogP contribution in [0.3, 0.4) is 0 Å². The maximum Gasteiger partial charge on any atom is 0.143 e. The average Bonchev–Trinajstić information content (AvgIpc) is 2.80. The third kappa shape index (κ3) is 2.71. The minimum atomic E-state index is -0.0851. The molecule has 0 bridgehead atoms. The molecule has 1 aliphatic heterocycles. The molecule has 1 unspecified atom stereocenters. The Labute approximate surface area is 95.2 Å². The van der Waals surface area contributed by atoms with Crippen molar-refractivity contribution in [3.63, 3.8) is 0 Å². The van der Waals surface area contributed by atoms with E-state index in [4.69, 9.17) is 14.6 Å². The molecule has 0 spiro atoms. The third-order valence-corrected chi connectivity index (χ3v) is 2.72. The molecule has 1 saturated heterocycles. The molecule has 2 rings (SSSR count). The maximum absolute atomic E-state index is 9.17. The topological polar surface area (TPSA) is 51.6 Å². The van der Waals surface area contributed by atoms with Crippen LogP contribution in [-0.2, 0) is 11.3 Å². The average molecular weight is 223 g/mol. The highest BCUT2D eigenvalue weighted by Crippen LogP contribution is 2.20. The lowest BCUT2D eigenvalue weighted by Crippen LogP contribution is -2.13. The Hall–Kier alpha value is -1.13. The van der Waals surface area contributed by atoms with Crippen LogP contribution in [-0.4, -0.2) is 29.9 Å². The molecule has 4 nitrogen and oxygen atoms in total. The van der Waals surface area contributed by atoms with Gasteiger partial charge in [-0.2, -0.15) is 0 Å². The second kappa shape index (κ2) is 5.27. The Balaban J connectivity index is 1.97. The fourth-order valence-corrected chi connectivity index (χ4v) is 1.76. The highest BCUT2D eigenvalue weighted by atomic mass is 16.5. The van der Waals surface area contributed by atoms with Gasteiger partial charge in [-0.25, -0.2) is 0 Å². The van der Waals surface area contributed by atoms with Crippen LogP contribution in [0.1, 0.15) is 17.8 Å². The molecule has 16 heavy (non-hydrogen) atoms. The fraction of sp³-hybridized carbons (Fsp3) is 0.583. The van der Waals surface area contributed by atoms with Gasteiger partial charge in [0.25, 0.3) is 0 Å². The van der Waals surface area contributed by atoms with E-state index >= 15 is 0 Å². The lowest BCUT2D eigenvalue weighted by Gasteiger charge is -2.12. The zero-order valence-corrected chi connectivity index (χ0v) is 9.48. The number of hydrogen-bond donors (Lipinski definition) is 1. The molecule has 0 radical (unpaired) electrons. The van der Waals surface area contributed by atoms with Crippen LogP contribution in [0.4, 0.5) is 0 Å². The van der Waals surface area contributed by atoms with E-state index in [1.54, 1.807) is 0 Å². The number of hydrogen-bond acceptors (Lipinski definition) is 4. The Morgan fingerprint density at radius 2 is 2.44 bits per heavy atom. The summed E-state index contributed by atoms with van der Waals surface area (Å²) in [4.78, 5) is 4.23. The van der Waals surface area contributed by atoms with E-state index in [0.29, 0.717) is 24.0 Å². The summed E-state index contributed by atoms with van der Waals surface area (Å²) in [6, 6.07) is 3.75. The Kier molecular flexibility index (Phi) is 3.74. The molecule has 1 aromatic rings. The number of pyridine rings is 1. The van der Waals surface area contributed by atoms with Gasteiger partial charge in [-0.3, -0.25) is 4.98 Å². The van der Waals surface area contributed by atoms with E-state index in [-0.39, 0.29) is 6.61 Å². The molecule has 1 N–H and O–H groups in total. The largest absolute Gasteiger partial charge is 0.491 e. The number of aromatic nitrogens is 1. The quantitative estimate of drug-likeness (QED) is 0.835. The Morgan fingerprint density at radius 1 is 1.56 bits per heavy atom. The van der Waals surface area contributed by atoms with Crippen molar-refractivity contribution in [3.05, 3.63) is 23.5 Å². The monoisotopic (exact) mass is 223 g/mol. The summed E-state index contributed by atoms with van der Waals surface area (Å²) in [5.74, 6) is 1.15. The number of aliphatic hydroxyl groups is 1. The second-order valence-corrected chi connectivity index (χ2v) is 4.10. The molecule has 0 amide bonds. The molecule has 4 heteroatoms. The maximum atomic E-state index is 9.17. The van der Waals surface area contributed by atoms with Crippen LogP contribution in [0.2, 0.25) is 0 Å². The van der Waals surface area contributed by atoms with E-state index in [1.807, 2.05) is 19.1 Å². The van der Waals surface area contributed by atoms with Gasteiger partial charge < -0.3 is 14.6 Å². The number of aliphatic hydroxyl groups excluding tert-OH is 1. The summed E-state index contributed by atoms with van der Waals surface area (Å²) in [6.07, 6.45) is 1.05. The number of rotatable bonds is 4. The molecule has 1 aromatic heterocycles.